The van der Waals surface area contributed by atoms with E-state index < -0.39 is 0 Å². The standard InChI is InChI=1S/C13H22N4O/c1-3-15-13(18)10-17(4-2)9-11-5-6-16-12(7-11)8-14/h5-7H,3-4,8-10,14H2,1-2H3,(H,15,18). The third kappa shape index (κ3) is 4.81. The zero-order valence-corrected chi connectivity index (χ0v) is 11.1. The first-order valence-corrected chi connectivity index (χ1v) is 6.32. The summed E-state index contributed by atoms with van der Waals surface area (Å²) in [7, 11) is 0. The highest BCUT2D eigenvalue weighted by atomic mass is 16.2. The minimum absolute atomic E-state index is 0.0625. The molecular formula is C13H22N4O. The summed E-state index contributed by atoms with van der Waals surface area (Å²) in [6.07, 6.45) is 1.76. The first-order chi connectivity index (χ1) is 8.69. The molecule has 0 aliphatic rings. The van der Waals surface area contributed by atoms with Crippen LogP contribution in [0.25, 0.3) is 0 Å². The monoisotopic (exact) mass is 250 g/mol. The Morgan fingerprint density at radius 1 is 1.50 bits per heavy atom. The molecule has 0 atom stereocenters. The maximum Gasteiger partial charge on any atom is 0.234 e. The van der Waals surface area contributed by atoms with Crippen molar-refractivity contribution in [2.45, 2.75) is 26.9 Å². The summed E-state index contributed by atoms with van der Waals surface area (Å²) in [5, 5.41) is 2.81. The van der Waals surface area contributed by atoms with Crippen LogP contribution in [0.15, 0.2) is 18.3 Å². The van der Waals surface area contributed by atoms with Crippen LogP contribution >= 0.6 is 0 Å². The van der Waals surface area contributed by atoms with E-state index in [1.54, 1.807) is 6.20 Å². The minimum atomic E-state index is 0.0625. The molecule has 0 saturated heterocycles. The van der Waals surface area contributed by atoms with E-state index in [9.17, 15) is 4.79 Å². The lowest BCUT2D eigenvalue weighted by molar-refractivity contribution is -0.122. The summed E-state index contributed by atoms with van der Waals surface area (Å²) in [5.74, 6) is 0.0625. The molecule has 5 heteroatoms. The van der Waals surface area contributed by atoms with Gasteiger partial charge in [0, 0.05) is 25.8 Å². The number of amides is 1. The predicted molar refractivity (Wildman–Crippen MR) is 71.8 cm³/mol. The van der Waals surface area contributed by atoms with Gasteiger partial charge < -0.3 is 11.1 Å². The number of hydrogen-bond donors (Lipinski definition) is 2. The molecular weight excluding hydrogens is 228 g/mol. The number of likely N-dealkylation sites (N-methyl/N-ethyl adjacent to an activating group) is 2. The van der Waals surface area contributed by atoms with Gasteiger partial charge in [-0.05, 0) is 31.2 Å². The number of aromatic nitrogens is 1. The van der Waals surface area contributed by atoms with Crippen molar-refractivity contribution in [2.75, 3.05) is 19.6 Å². The Kier molecular flexibility index (Phi) is 6.32. The van der Waals surface area contributed by atoms with E-state index in [4.69, 9.17) is 5.73 Å². The minimum Gasteiger partial charge on any atom is -0.355 e. The molecule has 1 amide bonds. The molecule has 3 N–H and O–H groups in total. The molecule has 100 valence electrons. The Morgan fingerprint density at radius 3 is 2.89 bits per heavy atom. The number of rotatable bonds is 7. The van der Waals surface area contributed by atoms with Crippen LogP contribution in [-0.2, 0) is 17.9 Å². The van der Waals surface area contributed by atoms with Gasteiger partial charge >= 0.3 is 0 Å². The van der Waals surface area contributed by atoms with E-state index in [-0.39, 0.29) is 5.91 Å². The molecule has 1 aromatic heterocycles. The lowest BCUT2D eigenvalue weighted by Crippen LogP contribution is -2.36. The highest BCUT2D eigenvalue weighted by Gasteiger charge is 2.09. The fourth-order valence-corrected chi connectivity index (χ4v) is 1.73. The second-order valence-electron chi connectivity index (χ2n) is 4.12. The molecule has 5 nitrogen and oxygen atoms in total. The SMILES string of the molecule is CCNC(=O)CN(CC)Cc1ccnc(CN)c1. The molecule has 0 radical (unpaired) electrons. The smallest absolute Gasteiger partial charge is 0.234 e. The van der Waals surface area contributed by atoms with Gasteiger partial charge in [-0.3, -0.25) is 14.7 Å². The summed E-state index contributed by atoms with van der Waals surface area (Å²) in [4.78, 5) is 17.8. The number of nitrogens with two attached hydrogens (primary N) is 1. The average Bonchev–Trinajstić information content (AvgIpc) is 2.38. The molecule has 1 rings (SSSR count). The van der Waals surface area contributed by atoms with Gasteiger partial charge in [-0.25, -0.2) is 0 Å². The van der Waals surface area contributed by atoms with E-state index >= 15 is 0 Å². The Hall–Kier alpha value is -1.46. The van der Waals surface area contributed by atoms with Crippen molar-refractivity contribution in [3.8, 4) is 0 Å². The molecule has 0 spiro atoms. The maximum absolute atomic E-state index is 11.5. The van der Waals surface area contributed by atoms with Gasteiger partial charge in [-0.2, -0.15) is 0 Å². The molecule has 1 aromatic rings. The predicted octanol–water partition coefficient (Wildman–Crippen LogP) is 0.498. The van der Waals surface area contributed by atoms with Crippen molar-refractivity contribution in [3.63, 3.8) is 0 Å². The van der Waals surface area contributed by atoms with Crippen LogP contribution in [0.2, 0.25) is 0 Å². The van der Waals surface area contributed by atoms with Crippen LogP contribution in [0.4, 0.5) is 0 Å². The van der Waals surface area contributed by atoms with Gasteiger partial charge in [0.2, 0.25) is 5.91 Å². The van der Waals surface area contributed by atoms with Crippen LogP contribution in [0.5, 0.6) is 0 Å². The van der Waals surface area contributed by atoms with Gasteiger partial charge in [0.1, 0.15) is 0 Å². The van der Waals surface area contributed by atoms with Gasteiger partial charge in [0.05, 0.1) is 12.2 Å². The van der Waals surface area contributed by atoms with Crippen molar-refractivity contribution >= 4 is 5.91 Å². The summed E-state index contributed by atoms with van der Waals surface area (Å²) >= 11 is 0. The number of nitrogens with zero attached hydrogens (tertiary/aromatic N) is 2. The van der Waals surface area contributed by atoms with Crippen molar-refractivity contribution < 1.29 is 4.79 Å². The molecule has 0 aliphatic heterocycles. The van der Waals surface area contributed by atoms with E-state index in [1.807, 2.05) is 26.0 Å². The van der Waals surface area contributed by atoms with Gasteiger partial charge in [-0.15, -0.1) is 0 Å². The third-order valence-electron chi connectivity index (χ3n) is 2.68. The molecule has 0 saturated carbocycles. The second kappa shape index (κ2) is 7.79. The van der Waals surface area contributed by atoms with E-state index in [1.165, 1.54) is 0 Å². The second-order valence-corrected chi connectivity index (χ2v) is 4.12. The summed E-state index contributed by atoms with van der Waals surface area (Å²) in [6, 6.07) is 3.94. The third-order valence-corrected chi connectivity index (χ3v) is 2.68. The van der Waals surface area contributed by atoms with Gasteiger partial charge in [0.25, 0.3) is 0 Å². The zero-order chi connectivity index (χ0) is 13.4. The Bertz CT molecular complexity index is 381. The average molecular weight is 250 g/mol. The number of carbonyl (C=O) groups excluding carboxylic acids is 1. The normalized spacial score (nSPS) is 10.7. The van der Waals surface area contributed by atoms with E-state index in [0.29, 0.717) is 19.6 Å². The van der Waals surface area contributed by atoms with Crippen molar-refractivity contribution in [1.29, 1.82) is 0 Å². The summed E-state index contributed by atoms with van der Waals surface area (Å²) in [6.45, 7) is 7.07. The number of hydrogen-bond acceptors (Lipinski definition) is 4. The first kappa shape index (κ1) is 14.6. The Balaban J connectivity index is 2.58. The number of carbonyl (C=O) groups is 1. The lowest BCUT2D eigenvalue weighted by Gasteiger charge is -2.19. The van der Waals surface area contributed by atoms with Crippen LogP contribution in [0.1, 0.15) is 25.1 Å². The summed E-state index contributed by atoms with van der Waals surface area (Å²) in [5.41, 5.74) is 7.57. The molecule has 1 heterocycles. The molecule has 0 aromatic carbocycles. The molecule has 0 aliphatic carbocycles. The number of nitrogens with one attached hydrogen (secondary N) is 1. The Morgan fingerprint density at radius 2 is 2.28 bits per heavy atom. The van der Waals surface area contributed by atoms with E-state index in [0.717, 1.165) is 24.3 Å². The van der Waals surface area contributed by atoms with Gasteiger partial charge in [0.15, 0.2) is 0 Å². The molecule has 0 bridgehead atoms. The van der Waals surface area contributed by atoms with Gasteiger partial charge in [-0.1, -0.05) is 6.92 Å². The molecule has 0 fully saturated rings. The zero-order valence-electron chi connectivity index (χ0n) is 11.1. The quantitative estimate of drug-likeness (QED) is 0.739. The van der Waals surface area contributed by atoms with Crippen LogP contribution < -0.4 is 11.1 Å². The van der Waals surface area contributed by atoms with Crippen molar-refractivity contribution in [3.05, 3.63) is 29.6 Å². The van der Waals surface area contributed by atoms with Crippen LogP contribution in [0.3, 0.4) is 0 Å². The van der Waals surface area contributed by atoms with Crippen molar-refractivity contribution in [1.82, 2.24) is 15.2 Å². The maximum atomic E-state index is 11.5. The highest BCUT2D eigenvalue weighted by molar-refractivity contribution is 5.77. The first-order valence-electron chi connectivity index (χ1n) is 6.32. The van der Waals surface area contributed by atoms with Crippen LogP contribution in [-0.4, -0.2) is 35.4 Å². The fourth-order valence-electron chi connectivity index (χ4n) is 1.73. The molecule has 18 heavy (non-hydrogen) atoms. The molecule has 0 unspecified atom stereocenters. The highest BCUT2D eigenvalue weighted by Crippen LogP contribution is 2.05. The topological polar surface area (TPSA) is 71.2 Å². The lowest BCUT2D eigenvalue weighted by atomic mass is 10.2. The largest absolute Gasteiger partial charge is 0.355 e. The van der Waals surface area contributed by atoms with Crippen molar-refractivity contribution in [2.24, 2.45) is 5.73 Å². The van der Waals surface area contributed by atoms with E-state index in [2.05, 4.69) is 15.2 Å². The summed E-state index contributed by atoms with van der Waals surface area (Å²) < 4.78 is 0. The Labute approximate surface area is 108 Å². The van der Waals surface area contributed by atoms with Crippen LogP contribution in [0, 0.1) is 0 Å². The number of pyridine rings is 1. The fraction of sp³-hybridized carbons (Fsp3) is 0.538.